The molecule has 120 valence electrons. The Labute approximate surface area is 126 Å². The lowest BCUT2D eigenvalue weighted by atomic mass is 10.3. The topological polar surface area (TPSA) is 69.2 Å². The molecule has 0 unspecified atom stereocenters. The zero-order valence-electron chi connectivity index (χ0n) is 12.5. The van der Waals surface area contributed by atoms with Crippen molar-refractivity contribution in [1.82, 2.24) is 0 Å². The zero-order valence-corrected chi connectivity index (χ0v) is 12.5. The fourth-order valence-corrected chi connectivity index (χ4v) is 1.54. The highest BCUT2D eigenvalue weighted by Crippen LogP contribution is 2.14. The first-order chi connectivity index (χ1) is 10.4. The Morgan fingerprint density at radius 3 is 1.86 bits per heavy atom. The maximum Gasteiger partial charge on any atom is 0.119 e. The fraction of sp³-hybridized carbons (Fsp3) is 0.600. The van der Waals surface area contributed by atoms with Gasteiger partial charge in [0, 0.05) is 12.7 Å². The molecule has 1 aromatic carbocycles. The third-order valence-electron chi connectivity index (χ3n) is 2.62. The van der Waals surface area contributed by atoms with Gasteiger partial charge in [-0.2, -0.15) is 0 Å². The monoisotopic (exact) mass is 299 g/mol. The van der Waals surface area contributed by atoms with Gasteiger partial charge >= 0.3 is 0 Å². The Morgan fingerprint density at radius 1 is 0.810 bits per heavy atom. The van der Waals surface area contributed by atoms with E-state index in [9.17, 15) is 0 Å². The molecule has 0 aliphatic rings. The second-order valence-electron chi connectivity index (χ2n) is 4.18. The number of hydrogen-bond donors (Lipinski definition) is 2. The lowest BCUT2D eigenvalue weighted by molar-refractivity contribution is 0.00361. The van der Waals surface area contributed by atoms with Crippen LogP contribution in [0.4, 0.5) is 5.69 Å². The summed E-state index contributed by atoms with van der Waals surface area (Å²) in [6, 6.07) is 7.76. The number of aliphatic hydroxyl groups is 1. The third kappa shape index (κ3) is 9.25. The molecule has 0 aromatic heterocycles. The molecule has 0 amide bonds. The van der Waals surface area contributed by atoms with Crippen LogP contribution in [0.15, 0.2) is 24.3 Å². The van der Waals surface area contributed by atoms with Crippen LogP contribution in [0.25, 0.3) is 0 Å². The molecule has 0 bridgehead atoms. The maximum atomic E-state index is 8.50. The van der Waals surface area contributed by atoms with Gasteiger partial charge in [-0.3, -0.25) is 0 Å². The number of aliphatic hydroxyl groups excluding tert-OH is 1. The smallest absolute Gasteiger partial charge is 0.119 e. The number of benzene rings is 1. The number of rotatable bonds is 13. The van der Waals surface area contributed by atoms with E-state index in [4.69, 9.17) is 24.1 Å². The molecular weight excluding hydrogens is 274 g/mol. The fourth-order valence-electron chi connectivity index (χ4n) is 1.54. The first kappa shape index (κ1) is 17.7. The molecule has 1 rings (SSSR count). The average molecular weight is 299 g/mol. The van der Waals surface area contributed by atoms with Gasteiger partial charge in [-0.25, -0.2) is 0 Å². The van der Waals surface area contributed by atoms with Crippen molar-refractivity contribution < 1.29 is 24.1 Å². The van der Waals surface area contributed by atoms with Crippen LogP contribution in [-0.2, 0) is 14.2 Å². The van der Waals surface area contributed by atoms with Gasteiger partial charge in [-0.05, 0) is 24.3 Å². The molecule has 0 saturated heterocycles. The van der Waals surface area contributed by atoms with E-state index in [0.29, 0.717) is 46.2 Å². The van der Waals surface area contributed by atoms with Crippen molar-refractivity contribution in [2.45, 2.75) is 0 Å². The van der Waals surface area contributed by atoms with Crippen molar-refractivity contribution >= 4 is 5.69 Å². The van der Waals surface area contributed by atoms with E-state index in [2.05, 4.69) is 5.32 Å². The van der Waals surface area contributed by atoms with Gasteiger partial charge in [0.1, 0.15) is 12.4 Å². The molecule has 0 fully saturated rings. The Bertz CT molecular complexity index is 344. The van der Waals surface area contributed by atoms with E-state index in [0.717, 1.165) is 11.4 Å². The number of hydrogen-bond acceptors (Lipinski definition) is 6. The van der Waals surface area contributed by atoms with Crippen LogP contribution in [0.2, 0.25) is 0 Å². The van der Waals surface area contributed by atoms with Crippen LogP contribution < -0.4 is 10.1 Å². The molecular formula is C15H25NO5. The largest absolute Gasteiger partial charge is 0.491 e. The van der Waals surface area contributed by atoms with E-state index < -0.39 is 0 Å². The number of nitrogens with one attached hydrogen (secondary N) is 1. The molecule has 6 heteroatoms. The van der Waals surface area contributed by atoms with Crippen molar-refractivity contribution in [2.75, 3.05) is 65.2 Å². The van der Waals surface area contributed by atoms with E-state index in [1.807, 2.05) is 31.3 Å². The molecule has 0 heterocycles. The maximum absolute atomic E-state index is 8.50. The number of anilines is 1. The van der Waals surface area contributed by atoms with Crippen molar-refractivity contribution in [2.24, 2.45) is 0 Å². The predicted octanol–water partition coefficient (Wildman–Crippen LogP) is 1.15. The van der Waals surface area contributed by atoms with Gasteiger partial charge in [0.05, 0.1) is 46.2 Å². The van der Waals surface area contributed by atoms with Gasteiger partial charge < -0.3 is 29.4 Å². The summed E-state index contributed by atoms with van der Waals surface area (Å²) < 4.78 is 21.3. The van der Waals surface area contributed by atoms with Gasteiger partial charge in [0.15, 0.2) is 0 Å². The summed E-state index contributed by atoms with van der Waals surface area (Å²) in [4.78, 5) is 0. The minimum absolute atomic E-state index is 0.0425. The SMILES string of the molecule is CNc1ccc(OCCOCCOCCOCCO)cc1. The van der Waals surface area contributed by atoms with E-state index in [1.165, 1.54) is 0 Å². The molecule has 0 saturated carbocycles. The molecule has 2 N–H and O–H groups in total. The Morgan fingerprint density at radius 2 is 1.33 bits per heavy atom. The second kappa shape index (κ2) is 12.4. The Balaban J connectivity index is 1.88. The standard InChI is InChI=1S/C15H25NO5/c1-16-14-2-4-15(5-3-14)21-13-12-20-11-10-19-9-8-18-7-6-17/h2-5,16-17H,6-13H2,1H3. The van der Waals surface area contributed by atoms with Crippen molar-refractivity contribution in [3.05, 3.63) is 24.3 Å². The van der Waals surface area contributed by atoms with Crippen LogP contribution in [0.3, 0.4) is 0 Å². The van der Waals surface area contributed by atoms with Crippen molar-refractivity contribution in [3.63, 3.8) is 0 Å². The number of ether oxygens (including phenoxy) is 4. The van der Waals surface area contributed by atoms with Gasteiger partial charge in [-0.15, -0.1) is 0 Å². The molecule has 21 heavy (non-hydrogen) atoms. The summed E-state index contributed by atoms with van der Waals surface area (Å²) in [5.74, 6) is 0.829. The quantitative estimate of drug-likeness (QED) is 0.533. The summed E-state index contributed by atoms with van der Waals surface area (Å²) in [6.45, 7) is 3.50. The first-order valence-corrected chi connectivity index (χ1v) is 7.11. The van der Waals surface area contributed by atoms with Gasteiger partial charge in [0.25, 0.3) is 0 Å². The summed E-state index contributed by atoms with van der Waals surface area (Å²) in [7, 11) is 1.88. The predicted molar refractivity (Wildman–Crippen MR) is 81.0 cm³/mol. The van der Waals surface area contributed by atoms with Gasteiger partial charge in [-0.1, -0.05) is 0 Å². The lowest BCUT2D eigenvalue weighted by Crippen LogP contribution is -2.13. The lowest BCUT2D eigenvalue weighted by Gasteiger charge is -2.08. The molecule has 1 aromatic rings. The molecule has 0 spiro atoms. The van der Waals surface area contributed by atoms with Crippen molar-refractivity contribution in [1.29, 1.82) is 0 Å². The molecule has 0 aliphatic heterocycles. The van der Waals surface area contributed by atoms with E-state index >= 15 is 0 Å². The normalized spacial score (nSPS) is 10.6. The molecule has 0 aliphatic carbocycles. The average Bonchev–Trinajstić information content (AvgIpc) is 2.53. The van der Waals surface area contributed by atoms with Crippen LogP contribution in [0.1, 0.15) is 0 Å². The summed E-state index contributed by atoms with van der Waals surface area (Å²) in [5, 5.41) is 11.5. The zero-order chi connectivity index (χ0) is 15.2. The van der Waals surface area contributed by atoms with E-state index in [-0.39, 0.29) is 6.61 Å². The highest BCUT2D eigenvalue weighted by atomic mass is 16.6. The minimum Gasteiger partial charge on any atom is -0.491 e. The van der Waals surface area contributed by atoms with Crippen LogP contribution in [0, 0.1) is 0 Å². The molecule has 6 nitrogen and oxygen atoms in total. The van der Waals surface area contributed by atoms with Crippen LogP contribution in [-0.4, -0.2) is 65.0 Å². The highest BCUT2D eigenvalue weighted by Gasteiger charge is 1.95. The first-order valence-electron chi connectivity index (χ1n) is 7.11. The Hall–Kier alpha value is -1.34. The summed E-state index contributed by atoms with van der Waals surface area (Å²) >= 11 is 0. The molecule has 0 radical (unpaired) electrons. The minimum atomic E-state index is 0.0425. The summed E-state index contributed by atoms with van der Waals surface area (Å²) in [6.07, 6.45) is 0. The third-order valence-corrected chi connectivity index (χ3v) is 2.62. The Kier molecular flexibility index (Phi) is 10.5. The van der Waals surface area contributed by atoms with Gasteiger partial charge in [0.2, 0.25) is 0 Å². The van der Waals surface area contributed by atoms with Crippen molar-refractivity contribution in [3.8, 4) is 5.75 Å². The molecule has 0 atom stereocenters. The highest BCUT2D eigenvalue weighted by molar-refractivity contribution is 5.45. The van der Waals surface area contributed by atoms with Crippen LogP contribution >= 0.6 is 0 Å². The van der Waals surface area contributed by atoms with Crippen LogP contribution in [0.5, 0.6) is 5.75 Å². The van der Waals surface area contributed by atoms with E-state index in [1.54, 1.807) is 0 Å². The summed E-state index contributed by atoms with van der Waals surface area (Å²) in [5.41, 5.74) is 1.05. The second-order valence-corrected chi connectivity index (χ2v) is 4.18.